The molecule has 0 saturated carbocycles. The van der Waals surface area contributed by atoms with Crippen LogP contribution in [-0.2, 0) is 25.6 Å². The predicted molar refractivity (Wildman–Crippen MR) is 140 cm³/mol. The summed E-state index contributed by atoms with van der Waals surface area (Å²) in [6.07, 6.45) is -2.23. The molecule has 3 amide bonds. The van der Waals surface area contributed by atoms with Crippen molar-refractivity contribution < 1.29 is 29.4 Å². The first kappa shape index (κ1) is 28.8. The van der Waals surface area contributed by atoms with Crippen molar-refractivity contribution in [2.45, 2.75) is 50.4 Å². The van der Waals surface area contributed by atoms with E-state index in [1.54, 1.807) is 48.5 Å². The number of carboxylic acids is 1. The van der Waals surface area contributed by atoms with Gasteiger partial charge in [-0.2, -0.15) is 0 Å². The van der Waals surface area contributed by atoms with Crippen LogP contribution in [0.15, 0.2) is 64.2 Å². The molecule has 0 saturated heterocycles. The molecule has 0 bridgehead atoms. The third kappa shape index (κ3) is 7.17. The van der Waals surface area contributed by atoms with E-state index in [1.165, 1.54) is 6.07 Å². The van der Waals surface area contributed by atoms with Crippen molar-refractivity contribution in [3.05, 3.63) is 81.0 Å². The van der Waals surface area contributed by atoms with Gasteiger partial charge in [0.15, 0.2) is 6.04 Å². The zero-order valence-electron chi connectivity index (χ0n) is 21.0. The summed E-state index contributed by atoms with van der Waals surface area (Å²) in [7, 11) is 0. The zero-order chi connectivity index (χ0) is 28.7. The molecule has 13 heteroatoms. The first-order valence-corrected chi connectivity index (χ1v) is 12.1. The number of hydrogen-bond donors (Lipinski definition) is 6. The zero-order valence-corrected chi connectivity index (χ0v) is 21.0. The molecule has 0 aliphatic rings. The van der Waals surface area contributed by atoms with Crippen LogP contribution in [0.4, 0.5) is 0 Å². The average molecular weight is 540 g/mol. The van der Waals surface area contributed by atoms with Gasteiger partial charge in [-0.15, -0.1) is 0 Å². The minimum atomic E-state index is -1.70. The molecule has 3 rings (SSSR count). The Bertz CT molecular complexity index is 1480. The van der Waals surface area contributed by atoms with Crippen LogP contribution in [0.3, 0.4) is 0 Å². The van der Waals surface area contributed by atoms with Crippen molar-refractivity contribution in [3.63, 3.8) is 0 Å². The van der Waals surface area contributed by atoms with Crippen LogP contribution in [0.25, 0.3) is 10.9 Å². The standard InChI is InChI=1S/C26H29N5O8/c1-14(32)21(25(37)38)30-22(34)18(11-12-20(27)33)28-23(35)19(13-15-7-3-2-4-8-15)31-24(36)16-9-5-6-10-17(16)29-26(31)39/h2-10,14,18-19,21,32H,11-13H2,1H3,(H2,27,33)(H,28,35)(H,29,39)(H,30,34)(H,37,38)/t14-,18-,19-,21-/m0/s1. The number of carboxylic acid groups (broad SMARTS) is 1. The lowest BCUT2D eigenvalue weighted by Gasteiger charge is -2.25. The summed E-state index contributed by atoms with van der Waals surface area (Å²) in [5, 5.41) is 23.8. The summed E-state index contributed by atoms with van der Waals surface area (Å²) in [6, 6.07) is 10.2. The highest BCUT2D eigenvalue weighted by molar-refractivity contribution is 5.92. The summed E-state index contributed by atoms with van der Waals surface area (Å²) in [5.74, 6) is -4.21. The van der Waals surface area contributed by atoms with E-state index in [2.05, 4.69) is 15.6 Å². The van der Waals surface area contributed by atoms with Gasteiger partial charge in [0.1, 0.15) is 12.1 Å². The monoisotopic (exact) mass is 539 g/mol. The predicted octanol–water partition coefficient (Wildman–Crippen LogP) is -0.826. The Labute approximate surface area is 221 Å². The fourth-order valence-corrected chi connectivity index (χ4v) is 4.06. The molecular weight excluding hydrogens is 510 g/mol. The number of aliphatic hydroxyl groups excluding tert-OH is 1. The van der Waals surface area contributed by atoms with Crippen LogP contribution in [0.5, 0.6) is 0 Å². The van der Waals surface area contributed by atoms with E-state index in [1.807, 2.05) is 0 Å². The SMILES string of the molecule is C[C@H](O)[C@H](NC(=O)[C@H](CCC(N)=O)NC(=O)[C@H](Cc1ccccc1)n1c(=O)[nH]c2ccccc2c1=O)C(=O)O. The fraction of sp³-hybridized carbons (Fsp3) is 0.308. The van der Waals surface area contributed by atoms with E-state index < -0.39 is 59.2 Å². The molecule has 0 radical (unpaired) electrons. The van der Waals surface area contributed by atoms with E-state index in [0.29, 0.717) is 5.56 Å². The highest BCUT2D eigenvalue weighted by Crippen LogP contribution is 2.15. The van der Waals surface area contributed by atoms with E-state index >= 15 is 0 Å². The van der Waals surface area contributed by atoms with Crippen LogP contribution >= 0.6 is 0 Å². The normalized spacial score (nSPS) is 14.1. The Balaban J connectivity index is 2.02. The lowest BCUT2D eigenvalue weighted by Crippen LogP contribution is -2.56. The van der Waals surface area contributed by atoms with Gasteiger partial charge in [-0.1, -0.05) is 42.5 Å². The number of carbonyl (C=O) groups is 4. The number of aromatic amines is 1. The molecule has 0 aliphatic carbocycles. The quantitative estimate of drug-likeness (QED) is 0.170. The van der Waals surface area contributed by atoms with Gasteiger partial charge in [0.25, 0.3) is 5.56 Å². The smallest absolute Gasteiger partial charge is 0.329 e. The molecule has 0 spiro atoms. The number of rotatable bonds is 12. The summed E-state index contributed by atoms with van der Waals surface area (Å²) in [5.41, 5.74) is 4.50. The minimum Gasteiger partial charge on any atom is -0.480 e. The Morgan fingerprint density at radius 2 is 1.62 bits per heavy atom. The summed E-state index contributed by atoms with van der Waals surface area (Å²) < 4.78 is 0.754. The van der Waals surface area contributed by atoms with Gasteiger partial charge in [0.2, 0.25) is 17.7 Å². The maximum Gasteiger partial charge on any atom is 0.329 e. The number of para-hydroxylation sites is 1. The maximum absolute atomic E-state index is 13.6. The molecule has 2 aromatic carbocycles. The van der Waals surface area contributed by atoms with E-state index in [-0.39, 0.29) is 30.2 Å². The second kappa shape index (κ2) is 12.6. The molecule has 39 heavy (non-hydrogen) atoms. The summed E-state index contributed by atoms with van der Waals surface area (Å²) in [6.45, 7) is 1.16. The van der Waals surface area contributed by atoms with Crippen LogP contribution in [0, 0.1) is 0 Å². The second-order valence-corrected chi connectivity index (χ2v) is 8.99. The number of amides is 3. The average Bonchev–Trinajstić information content (AvgIpc) is 2.88. The number of nitrogens with one attached hydrogen (secondary N) is 3. The summed E-state index contributed by atoms with van der Waals surface area (Å²) >= 11 is 0. The fourth-order valence-electron chi connectivity index (χ4n) is 4.06. The van der Waals surface area contributed by atoms with Gasteiger partial charge in [-0.3, -0.25) is 19.2 Å². The van der Waals surface area contributed by atoms with Gasteiger partial charge < -0.3 is 31.6 Å². The molecule has 206 valence electrons. The molecule has 4 atom stereocenters. The molecule has 7 N–H and O–H groups in total. The third-order valence-electron chi connectivity index (χ3n) is 6.08. The number of hydrogen-bond acceptors (Lipinski definition) is 7. The highest BCUT2D eigenvalue weighted by Gasteiger charge is 2.32. The minimum absolute atomic E-state index is 0.108. The van der Waals surface area contributed by atoms with Crippen LogP contribution in [0.1, 0.15) is 31.4 Å². The third-order valence-corrected chi connectivity index (χ3v) is 6.08. The van der Waals surface area contributed by atoms with Crippen molar-refractivity contribution in [1.82, 2.24) is 20.2 Å². The van der Waals surface area contributed by atoms with Crippen LogP contribution in [0.2, 0.25) is 0 Å². The lowest BCUT2D eigenvalue weighted by molar-refractivity contribution is -0.145. The number of aliphatic hydroxyl groups is 1. The number of nitrogens with zero attached hydrogens (tertiary/aromatic N) is 1. The number of carbonyl (C=O) groups excluding carboxylic acids is 3. The molecular formula is C26H29N5O8. The Hall–Kier alpha value is -4.78. The van der Waals surface area contributed by atoms with E-state index in [4.69, 9.17) is 5.73 Å². The number of primary amides is 1. The molecule has 3 aromatic rings. The second-order valence-electron chi connectivity index (χ2n) is 8.99. The van der Waals surface area contributed by atoms with Gasteiger partial charge in [-0.25, -0.2) is 14.2 Å². The Kier molecular flexibility index (Phi) is 9.33. The van der Waals surface area contributed by atoms with Crippen molar-refractivity contribution in [2.75, 3.05) is 0 Å². The van der Waals surface area contributed by atoms with Crippen LogP contribution in [-0.4, -0.2) is 61.6 Å². The van der Waals surface area contributed by atoms with Gasteiger partial charge in [0, 0.05) is 12.8 Å². The molecule has 0 fully saturated rings. The topological polar surface area (TPSA) is 214 Å². The van der Waals surface area contributed by atoms with E-state index in [0.717, 1.165) is 11.5 Å². The van der Waals surface area contributed by atoms with Crippen molar-refractivity contribution in [1.29, 1.82) is 0 Å². The van der Waals surface area contributed by atoms with Crippen molar-refractivity contribution in [3.8, 4) is 0 Å². The Morgan fingerprint density at radius 1 is 0.974 bits per heavy atom. The van der Waals surface area contributed by atoms with E-state index in [9.17, 15) is 39.0 Å². The first-order chi connectivity index (χ1) is 18.5. The van der Waals surface area contributed by atoms with Gasteiger partial charge >= 0.3 is 11.7 Å². The number of aliphatic carboxylic acids is 1. The number of nitrogens with two attached hydrogens (primary N) is 1. The van der Waals surface area contributed by atoms with Gasteiger partial charge in [0.05, 0.1) is 17.0 Å². The number of benzene rings is 2. The van der Waals surface area contributed by atoms with Crippen molar-refractivity contribution in [2.24, 2.45) is 5.73 Å². The largest absolute Gasteiger partial charge is 0.480 e. The number of H-pyrrole nitrogens is 1. The Morgan fingerprint density at radius 3 is 2.23 bits per heavy atom. The number of aromatic nitrogens is 2. The molecule has 1 heterocycles. The highest BCUT2D eigenvalue weighted by atomic mass is 16.4. The molecule has 1 aromatic heterocycles. The van der Waals surface area contributed by atoms with Crippen molar-refractivity contribution >= 4 is 34.6 Å². The molecule has 0 unspecified atom stereocenters. The summed E-state index contributed by atoms with van der Waals surface area (Å²) in [4.78, 5) is 78.4. The lowest BCUT2D eigenvalue weighted by atomic mass is 10.0. The number of fused-ring (bicyclic) bond motifs is 1. The first-order valence-electron chi connectivity index (χ1n) is 12.1. The molecule has 0 aliphatic heterocycles. The maximum atomic E-state index is 13.6. The van der Waals surface area contributed by atoms with Gasteiger partial charge in [-0.05, 0) is 31.0 Å². The molecule has 13 nitrogen and oxygen atoms in total. The van der Waals surface area contributed by atoms with Crippen LogP contribution < -0.4 is 27.6 Å².